The van der Waals surface area contributed by atoms with Crippen LogP contribution in [0.2, 0.25) is 0 Å². The predicted molar refractivity (Wildman–Crippen MR) is 75.2 cm³/mol. The van der Waals surface area contributed by atoms with E-state index in [1.807, 2.05) is 18.2 Å². The number of carboxylic acid groups (broad SMARTS) is 1. The van der Waals surface area contributed by atoms with Gasteiger partial charge >= 0.3 is 5.97 Å². The smallest absolute Gasteiger partial charge is 0.354 e. The molecule has 0 unspecified atom stereocenters. The van der Waals surface area contributed by atoms with Gasteiger partial charge in [0, 0.05) is 25.5 Å². The van der Waals surface area contributed by atoms with Crippen molar-refractivity contribution in [2.24, 2.45) is 0 Å². The molecular formula is C15H17N3O2. The van der Waals surface area contributed by atoms with Crippen LogP contribution in [0.25, 0.3) is 0 Å². The number of nitrogens with zero attached hydrogens (tertiary/aromatic N) is 3. The van der Waals surface area contributed by atoms with Crippen molar-refractivity contribution in [3.63, 3.8) is 0 Å². The molecule has 0 bridgehead atoms. The van der Waals surface area contributed by atoms with E-state index in [9.17, 15) is 4.79 Å². The molecule has 2 aromatic heterocycles. The minimum absolute atomic E-state index is 0.0856. The molecular weight excluding hydrogens is 254 g/mol. The third kappa shape index (κ3) is 3.86. The summed E-state index contributed by atoms with van der Waals surface area (Å²) in [4.78, 5) is 21.3. The largest absolute Gasteiger partial charge is 0.477 e. The molecule has 0 radical (unpaired) electrons. The molecule has 0 aliphatic heterocycles. The summed E-state index contributed by atoms with van der Waals surface area (Å²) in [6.07, 6.45) is 3.54. The number of carboxylic acids is 1. The van der Waals surface area contributed by atoms with Crippen LogP contribution in [-0.4, -0.2) is 32.5 Å². The van der Waals surface area contributed by atoms with E-state index in [2.05, 4.69) is 21.8 Å². The normalized spacial score (nSPS) is 10.7. The fourth-order valence-corrected chi connectivity index (χ4v) is 1.94. The molecule has 0 aliphatic rings. The second-order valence-electron chi connectivity index (χ2n) is 4.48. The Bertz CT molecular complexity index is 572. The summed E-state index contributed by atoms with van der Waals surface area (Å²) in [6.45, 7) is 4.35. The molecule has 0 atom stereocenters. The van der Waals surface area contributed by atoms with E-state index in [1.54, 1.807) is 18.5 Å². The van der Waals surface area contributed by atoms with Crippen molar-refractivity contribution in [1.29, 1.82) is 0 Å². The van der Waals surface area contributed by atoms with Gasteiger partial charge in [0.05, 0.1) is 5.69 Å². The van der Waals surface area contributed by atoms with Crippen molar-refractivity contribution in [3.8, 4) is 0 Å². The lowest BCUT2D eigenvalue weighted by Crippen LogP contribution is -2.23. The van der Waals surface area contributed by atoms with E-state index in [-0.39, 0.29) is 5.69 Å². The van der Waals surface area contributed by atoms with Crippen LogP contribution in [0.5, 0.6) is 0 Å². The van der Waals surface area contributed by atoms with E-state index < -0.39 is 5.97 Å². The summed E-state index contributed by atoms with van der Waals surface area (Å²) in [5.74, 6) is -0.996. The molecule has 20 heavy (non-hydrogen) atoms. The molecule has 0 spiro atoms. The topological polar surface area (TPSA) is 66.3 Å². The first-order valence-electron chi connectivity index (χ1n) is 6.49. The minimum Gasteiger partial charge on any atom is -0.477 e. The van der Waals surface area contributed by atoms with Gasteiger partial charge in [-0.3, -0.25) is 9.88 Å². The monoisotopic (exact) mass is 271 g/mol. The first kappa shape index (κ1) is 14.1. The number of hydrogen-bond acceptors (Lipinski definition) is 4. The highest BCUT2D eigenvalue weighted by molar-refractivity contribution is 5.85. The van der Waals surface area contributed by atoms with Gasteiger partial charge in [0.1, 0.15) is 5.69 Å². The van der Waals surface area contributed by atoms with Gasteiger partial charge in [-0.15, -0.1) is 0 Å². The highest BCUT2D eigenvalue weighted by Gasteiger charge is 2.09. The van der Waals surface area contributed by atoms with Crippen LogP contribution in [0.1, 0.15) is 28.7 Å². The van der Waals surface area contributed by atoms with Crippen LogP contribution in [-0.2, 0) is 13.1 Å². The zero-order chi connectivity index (χ0) is 14.4. The molecule has 0 aliphatic carbocycles. The molecule has 0 saturated heterocycles. The van der Waals surface area contributed by atoms with Gasteiger partial charge in [-0.1, -0.05) is 13.0 Å². The Kier molecular flexibility index (Phi) is 4.79. The van der Waals surface area contributed by atoms with Gasteiger partial charge in [-0.25, -0.2) is 9.78 Å². The molecule has 0 saturated carbocycles. The van der Waals surface area contributed by atoms with Gasteiger partial charge in [0.2, 0.25) is 0 Å². The number of rotatable bonds is 6. The Hall–Kier alpha value is -2.27. The quantitative estimate of drug-likeness (QED) is 0.872. The lowest BCUT2D eigenvalue weighted by Gasteiger charge is -2.20. The molecule has 1 N–H and O–H groups in total. The molecule has 2 aromatic rings. The first-order valence-corrected chi connectivity index (χ1v) is 6.49. The van der Waals surface area contributed by atoms with E-state index >= 15 is 0 Å². The second kappa shape index (κ2) is 6.77. The van der Waals surface area contributed by atoms with Crippen molar-refractivity contribution >= 4 is 5.97 Å². The summed E-state index contributed by atoms with van der Waals surface area (Å²) < 4.78 is 0. The first-order chi connectivity index (χ1) is 9.69. The van der Waals surface area contributed by atoms with E-state index in [1.165, 1.54) is 11.6 Å². The van der Waals surface area contributed by atoms with Crippen LogP contribution in [0.15, 0.2) is 42.7 Å². The molecule has 0 aromatic carbocycles. The minimum atomic E-state index is -0.996. The maximum absolute atomic E-state index is 10.9. The van der Waals surface area contributed by atoms with Crippen molar-refractivity contribution in [1.82, 2.24) is 14.9 Å². The molecule has 5 heteroatoms. The third-order valence-electron chi connectivity index (χ3n) is 3.01. The Balaban J connectivity index is 2.06. The number of aromatic carboxylic acids is 1. The SMILES string of the molecule is CCN(Cc1ccncc1)Cc1cccc(C(=O)O)n1. The third-order valence-corrected chi connectivity index (χ3v) is 3.01. The Labute approximate surface area is 117 Å². The van der Waals surface area contributed by atoms with Crippen molar-refractivity contribution in [2.45, 2.75) is 20.0 Å². The van der Waals surface area contributed by atoms with Crippen molar-refractivity contribution < 1.29 is 9.90 Å². The lowest BCUT2D eigenvalue weighted by molar-refractivity contribution is 0.0690. The number of aromatic nitrogens is 2. The molecule has 2 rings (SSSR count). The van der Waals surface area contributed by atoms with Crippen molar-refractivity contribution in [2.75, 3.05) is 6.54 Å². The summed E-state index contributed by atoms with van der Waals surface area (Å²) >= 11 is 0. The summed E-state index contributed by atoms with van der Waals surface area (Å²) in [6, 6.07) is 9.03. The van der Waals surface area contributed by atoms with Gasteiger partial charge in [-0.05, 0) is 36.4 Å². The van der Waals surface area contributed by atoms with Crippen molar-refractivity contribution in [3.05, 3.63) is 59.7 Å². The van der Waals surface area contributed by atoms with Crippen LogP contribution in [0.3, 0.4) is 0 Å². The van der Waals surface area contributed by atoms with Crippen LogP contribution >= 0.6 is 0 Å². The summed E-state index contributed by atoms with van der Waals surface area (Å²) in [5.41, 5.74) is 2.03. The zero-order valence-corrected chi connectivity index (χ0v) is 11.4. The lowest BCUT2D eigenvalue weighted by atomic mass is 10.2. The number of carbonyl (C=O) groups is 1. The molecule has 5 nitrogen and oxygen atoms in total. The molecule has 0 amide bonds. The molecule has 0 fully saturated rings. The Morgan fingerprint density at radius 1 is 1.20 bits per heavy atom. The van der Waals surface area contributed by atoms with Gasteiger partial charge in [0.25, 0.3) is 0 Å². The molecule has 2 heterocycles. The second-order valence-corrected chi connectivity index (χ2v) is 4.48. The Morgan fingerprint density at radius 2 is 1.95 bits per heavy atom. The fraction of sp³-hybridized carbons (Fsp3) is 0.267. The van der Waals surface area contributed by atoms with Gasteiger partial charge in [0.15, 0.2) is 0 Å². The van der Waals surface area contributed by atoms with Crippen LogP contribution < -0.4 is 0 Å². The van der Waals surface area contributed by atoms with E-state index in [0.29, 0.717) is 6.54 Å². The van der Waals surface area contributed by atoms with E-state index in [4.69, 9.17) is 5.11 Å². The maximum atomic E-state index is 10.9. The standard InChI is InChI=1S/C15H17N3O2/c1-2-18(10-12-6-8-16-9-7-12)11-13-4-3-5-14(17-13)15(19)20/h3-9H,2,10-11H2,1H3,(H,19,20). The van der Waals surface area contributed by atoms with E-state index in [0.717, 1.165) is 18.8 Å². The Morgan fingerprint density at radius 3 is 2.60 bits per heavy atom. The summed E-state index contributed by atoms with van der Waals surface area (Å²) in [5, 5.41) is 8.95. The average molecular weight is 271 g/mol. The zero-order valence-electron chi connectivity index (χ0n) is 11.4. The maximum Gasteiger partial charge on any atom is 0.354 e. The number of pyridine rings is 2. The molecule has 104 valence electrons. The average Bonchev–Trinajstić information content (AvgIpc) is 2.48. The van der Waals surface area contributed by atoms with Crippen LogP contribution in [0.4, 0.5) is 0 Å². The highest BCUT2D eigenvalue weighted by atomic mass is 16.4. The highest BCUT2D eigenvalue weighted by Crippen LogP contribution is 2.08. The number of hydrogen-bond donors (Lipinski definition) is 1. The predicted octanol–water partition coefficient (Wildman–Crippen LogP) is 2.20. The van der Waals surface area contributed by atoms with Gasteiger partial charge in [-0.2, -0.15) is 0 Å². The fourth-order valence-electron chi connectivity index (χ4n) is 1.94. The van der Waals surface area contributed by atoms with Crippen LogP contribution in [0, 0.1) is 0 Å². The van der Waals surface area contributed by atoms with Gasteiger partial charge < -0.3 is 5.11 Å². The summed E-state index contributed by atoms with van der Waals surface area (Å²) in [7, 11) is 0.